The lowest BCUT2D eigenvalue weighted by Gasteiger charge is -2.17. The van der Waals surface area contributed by atoms with Crippen LogP contribution in [0.3, 0.4) is 0 Å². The van der Waals surface area contributed by atoms with Crippen LogP contribution in [0.25, 0.3) is 0 Å². The van der Waals surface area contributed by atoms with Crippen LogP contribution < -0.4 is 0 Å². The van der Waals surface area contributed by atoms with Gasteiger partial charge in [0.1, 0.15) is 11.0 Å². The number of aromatic nitrogens is 2. The van der Waals surface area contributed by atoms with Crippen molar-refractivity contribution in [3.63, 3.8) is 0 Å². The van der Waals surface area contributed by atoms with Gasteiger partial charge in [0.25, 0.3) is 0 Å². The molecule has 1 rings (SSSR count). The van der Waals surface area contributed by atoms with Crippen LogP contribution in [-0.2, 0) is 6.42 Å². The first-order valence-electron chi connectivity index (χ1n) is 6.32. The molecule has 0 radical (unpaired) electrons. The van der Waals surface area contributed by atoms with Gasteiger partial charge in [0, 0.05) is 18.7 Å². The van der Waals surface area contributed by atoms with Gasteiger partial charge in [-0.3, -0.25) is 0 Å². The summed E-state index contributed by atoms with van der Waals surface area (Å²) in [4.78, 5) is 11.2. The van der Waals surface area contributed by atoms with Gasteiger partial charge in [-0.15, -0.1) is 0 Å². The third kappa shape index (κ3) is 4.60. The maximum atomic E-state index is 6.01. The fraction of sp³-hybridized carbons (Fsp3) is 0.692. The molecule has 0 N–H and O–H groups in total. The highest BCUT2D eigenvalue weighted by Crippen LogP contribution is 2.15. The van der Waals surface area contributed by atoms with Crippen molar-refractivity contribution in [2.24, 2.45) is 0 Å². The zero-order valence-electron chi connectivity index (χ0n) is 11.2. The minimum absolute atomic E-state index is 0.391. The van der Waals surface area contributed by atoms with Crippen molar-refractivity contribution in [1.82, 2.24) is 14.9 Å². The van der Waals surface area contributed by atoms with E-state index in [-0.39, 0.29) is 0 Å². The third-order valence-electron chi connectivity index (χ3n) is 2.90. The van der Waals surface area contributed by atoms with Gasteiger partial charge in [-0.1, -0.05) is 39.3 Å². The molecule has 96 valence electrons. The first-order valence-corrected chi connectivity index (χ1v) is 6.70. The van der Waals surface area contributed by atoms with E-state index < -0.39 is 0 Å². The fourth-order valence-corrected chi connectivity index (χ4v) is 1.90. The van der Waals surface area contributed by atoms with Gasteiger partial charge in [-0.25, -0.2) is 9.97 Å². The second-order valence-corrected chi connectivity index (χ2v) is 4.85. The molecule has 4 heteroatoms. The molecule has 0 saturated carbocycles. The summed E-state index contributed by atoms with van der Waals surface area (Å²) in [7, 11) is 0. The predicted molar refractivity (Wildman–Crippen MR) is 72.6 cm³/mol. The van der Waals surface area contributed by atoms with Gasteiger partial charge in [-0.05, 0) is 25.1 Å². The Hall–Kier alpha value is -0.670. The average molecular weight is 256 g/mol. The second-order valence-electron chi connectivity index (χ2n) is 4.46. The molecular weight excluding hydrogens is 234 g/mol. The first kappa shape index (κ1) is 14.4. The highest BCUT2D eigenvalue weighted by molar-refractivity contribution is 6.29. The maximum Gasteiger partial charge on any atom is 0.133 e. The molecule has 0 aromatic carbocycles. The van der Waals surface area contributed by atoms with Gasteiger partial charge in [0.15, 0.2) is 0 Å². The average Bonchev–Trinajstić information content (AvgIpc) is 2.29. The second kappa shape index (κ2) is 6.92. The van der Waals surface area contributed by atoms with Crippen molar-refractivity contribution in [2.45, 2.75) is 40.0 Å². The number of rotatable bonds is 6. The zero-order chi connectivity index (χ0) is 12.8. The molecule has 0 unspecified atom stereocenters. The van der Waals surface area contributed by atoms with Crippen molar-refractivity contribution in [3.8, 4) is 0 Å². The lowest BCUT2D eigenvalue weighted by Crippen LogP contribution is -2.26. The van der Waals surface area contributed by atoms with E-state index in [1.54, 1.807) is 0 Å². The number of likely N-dealkylation sites (N-methyl/N-ethyl adjacent to an activating group) is 1. The Morgan fingerprint density at radius 2 is 1.88 bits per heavy atom. The topological polar surface area (TPSA) is 29.0 Å². The lowest BCUT2D eigenvalue weighted by molar-refractivity contribution is 0.305. The molecule has 0 bridgehead atoms. The Balaban J connectivity index is 2.70. The van der Waals surface area contributed by atoms with Crippen molar-refractivity contribution in [3.05, 3.63) is 22.7 Å². The van der Waals surface area contributed by atoms with Gasteiger partial charge in [-0.2, -0.15) is 0 Å². The lowest BCUT2D eigenvalue weighted by atomic mass is 10.1. The van der Waals surface area contributed by atoms with E-state index in [0.29, 0.717) is 11.1 Å². The van der Waals surface area contributed by atoms with Crippen LogP contribution in [0.5, 0.6) is 0 Å². The Labute approximate surface area is 109 Å². The SMILES string of the molecule is CCN(CC)CCc1nc(Cl)cc(C(C)C)n1. The Morgan fingerprint density at radius 1 is 1.24 bits per heavy atom. The number of hydrogen-bond acceptors (Lipinski definition) is 3. The van der Waals surface area contributed by atoms with Crippen LogP contribution in [-0.4, -0.2) is 34.5 Å². The van der Waals surface area contributed by atoms with E-state index in [9.17, 15) is 0 Å². The van der Waals surface area contributed by atoms with Gasteiger partial charge < -0.3 is 4.90 Å². The monoisotopic (exact) mass is 255 g/mol. The van der Waals surface area contributed by atoms with Gasteiger partial charge >= 0.3 is 0 Å². The molecule has 0 fully saturated rings. The van der Waals surface area contributed by atoms with Gasteiger partial charge in [0.05, 0.1) is 0 Å². The molecule has 0 aliphatic rings. The molecule has 3 nitrogen and oxygen atoms in total. The van der Waals surface area contributed by atoms with Crippen LogP contribution in [0.2, 0.25) is 5.15 Å². The molecule has 0 aliphatic carbocycles. The standard InChI is InChI=1S/C13H22ClN3/c1-5-17(6-2)8-7-13-15-11(10(3)4)9-12(14)16-13/h9-10H,5-8H2,1-4H3. The molecule has 1 aromatic heterocycles. The summed E-state index contributed by atoms with van der Waals surface area (Å²) < 4.78 is 0. The molecular formula is C13H22ClN3. The van der Waals surface area contributed by atoms with Crippen LogP contribution in [0.4, 0.5) is 0 Å². The summed E-state index contributed by atoms with van der Waals surface area (Å²) in [6.07, 6.45) is 0.863. The quantitative estimate of drug-likeness (QED) is 0.732. The Morgan fingerprint density at radius 3 is 2.41 bits per heavy atom. The van der Waals surface area contributed by atoms with E-state index >= 15 is 0 Å². The molecule has 0 aliphatic heterocycles. The highest BCUT2D eigenvalue weighted by Gasteiger charge is 2.08. The summed E-state index contributed by atoms with van der Waals surface area (Å²) in [5.41, 5.74) is 1.03. The highest BCUT2D eigenvalue weighted by atomic mass is 35.5. The zero-order valence-corrected chi connectivity index (χ0v) is 12.0. The van der Waals surface area contributed by atoms with Crippen molar-refractivity contribution >= 4 is 11.6 Å². The molecule has 0 atom stereocenters. The molecule has 17 heavy (non-hydrogen) atoms. The molecule has 0 saturated heterocycles. The van der Waals surface area contributed by atoms with Crippen LogP contribution >= 0.6 is 11.6 Å². The van der Waals surface area contributed by atoms with Crippen molar-refractivity contribution in [1.29, 1.82) is 0 Å². The van der Waals surface area contributed by atoms with Crippen LogP contribution in [0.1, 0.15) is 45.1 Å². The summed E-state index contributed by atoms with van der Waals surface area (Å²) >= 11 is 6.01. The Bertz CT molecular complexity index is 349. The largest absolute Gasteiger partial charge is 0.303 e. The third-order valence-corrected chi connectivity index (χ3v) is 3.09. The minimum atomic E-state index is 0.391. The van der Waals surface area contributed by atoms with Crippen LogP contribution in [0, 0.1) is 0 Å². The summed E-state index contributed by atoms with van der Waals surface area (Å²) in [6.45, 7) is 11.7. The number of halogens is 1. The molecule has 0 spiro atoms. The van der Waals surface area contributed by atoms with E-state index in [2.05, 4.69) is 42.6 Å². The first-order chi connectivity index (χ1) is 8.06. The van der Waals surface area contributed by atoms with E-state index in [1.165, 1.54) is 0 Å². The summed E-state index contributed by atoms with van der Waals surface area (Å²) in [6, 6.07) is 1.85. The molecule has 0 amide bonds. The molecule has 1 heterocycles. The van der Waals surface area contributed by atoms with Crippen LogP contribution in [0.15, 0.2) is 6.07 Å². The molecule has 1 aromatic rings. The smallest absolute Gasteiger partial charge is 0.133 e. The minimum Gasteiger partial charge on any atom is -0.303 e. The van der Waals surface area contributed by atoms with E-state index in [0.717, 1.165) is 37.6 Å². The predicted octanol–water partition coefficient (Wildman–Crippen LogP) is 3.14. The summed E-state index contributed by atoms with van der Waals surface area (Å²) in [5.74, 6) is 1.25. The Kier molecular flexibility index (Phi) is 5.86. The number of hydrogen-bond donors (Lipinski definition) is 0. The normalized spacial score (nSPS) is 11.5. The number of nitrogens with zero attached hydrogens (tertiary/aromatic N) is 3. The summed E-state index contributed by atoms with van der Waals surface area (Å²) in [5, 5.41) is 0.554. The maximum absolute atomic E-state index is 6.01. The van der Waals surface area contributed by atoms with E-state index in [4.69, 9.17) is 11.6 Å². The van der Waals surface area contributed by atoms with E-state index in [1.807, 2.05) is 6.07 Å². The van der Waals surface area contributed by atoms with Gasteiger partial charge in [0.2, 0.25) is 0 Å². The van der Waals surface area contributed by atoms with Crippen molar-refractivity contribution in [2.75, 3.05) is 19.6 Å². The van der Waals surface area contributed by atoms with Crippen molar-refractivity contribution < 1.29 is 0 Å². The fourth-order valence-electron chi connectivity index (χ4n) is 1.69.